The van der Waals surface area contributed by atoms with Gasteiger partial charge in [0.15, 0.2) is 0 Å². The summed E-state index contributed by atoms with van der Waals surface area (Å²) in [5, 5.41) is 10.3. The molecule has 1 N–H and O–H groups in total. The van der Waals surface area contributed by atoms with Crippen molar-refractivity contribution in [2.45, 2.75) is 6.10 Å². The van der Waals surface area contributed by atoms with Crippen LogP contribution in [0.25, 0.3) is 0 Å². The molecule has 0 bridgehead atoms. The minimum atomic E-state index is -0.585. The summed E-state index contributed by atoms with van der Waals surface area (Å²) >= 11 is 0. The highest BCUT2D eigenvalue weighted by atomic mass is 16.5. The minimum absolute atomic E-state index is 0.202. The Balaban J connectivity index is 1.41. The van der Waals surface area contributed by atoms with E-state index in [9.17, 15) is 9.90 Å². The number of anilines is 1. The molecule has 0 aliphatic carbocycles. The monoisotopic (exact) mass is 400 g/mol. The molecule has 7 heteroatoms. The number of benzene rings is 2. The number of ether oxygens (including phenoxy) is 3. The van der Waals surface area contributed by atoms with E-state index < -0.39 is 6.10 Å². The molecule has 0 saturated carbocycles. The Labute approximate surface area is 171 Å². The number of hydrogen-bond acceptors (Lipinski definition) is 7. The molecule has 1 unspecified atom stereocenters. The Morgan fingerprint density at radius 2 is 1.76 bits per heavy atom. The summed E-state index contributed by atoms with van der Waals surface area (Å²) in [5.74, 6) is 1.08. The Morgan fingerprint density at radius 1 is 1.03 bits per heavy atom. The molecule has 7 nitrogen and oxygen atoms in total. The maximum absolute atomic E-state index is 11.4. The fraction of sp³-hybridized carbons (Fsp3) is 0.409. The van der Waals surface area contributed by atoms with Gasteiger partial charge >= 0.3 is 5.97 Å². The predicted octanol–water partition coefficient (Wildman–Crippen LogP) is 2.04. The van der Waals surface area contributed by atoms with Gasteiger partial charge < -0.3 is 24.2 Å². The molecule has 29 heavy (non-hydrogen) atoms. The molecular formula is C22H28N2O5. The van der Waals surface area contributed by atoms with Crippen molar-refractivity contribution in [1.82, 2.24) is 4.90 Å². The lowest BCUT2D eigenvalue weighted by Gasteiger charge is -2.37. The summed E-state index contributed by atoms with van der Waals surface area (Å²) in [7, 11) is 3.02. The number of carbonyl (C=O) groups excluding carboxylic acids is 1. The van der Waals surface area contributed by atoms with Crippen LogP contribution in [0.1, 0.15) is 10.4 Å². The van der Waals surface area contributed by atoms with E-state index in [0.29, 0.717) is 17.9 Å². The standard InChI is InChI=1S/C22H28N2O5/c1-27-21-5-3-4-18(14-21)24-12-10-23(11-13-24)15-19(25)16-29-20-8-6-17(7-9-20)22(26)28-2/h3-9,14,19,25H,10-13,15-16H2,1-2H3. The van der Waals surface area contributed by atoms with Crippen molar-refractivity contribution < 1.29 is 24.1 Å². The molecule has 1 saturated heterocycles. The molecule has 0 aromatic heterocycles. The third-order valence-corrected chi connectivity index (χ3v) is 4.98. The zero-order valence-corrected chi connectivity index (χ0v) is 16.9. The van der Waals surface area contributed by atoms with Crippen LogP contribution in [0.5, 0.6) is 11.5 Å². The van der Waals surface area contributed by atoms with E-state index in [1.807, 2.05) is 18.2 Å². The number of piperazine rings is 1. The summed E-state index contributed by atoms with van der Waals surface area (Å²) < 4.78 is 15.6. The van der Waals surface area contributed by atoms with E-state index in [2.05, 4.69) is 20.6 Å². The van der Waals surface area contributed by atoms with Gasteiger partial charge in [0.25, 0.3) is 0 Å². The SMILES string of the molecule is COC(=O)c1ccc(OCC(O)CN2CCN(c3cccc(OC)c3)CC2)cc1. The van der Waals surface area contributed by atoms with Gasteiger partial charge in [0, 0.05) is 44.5 Å². The lowest BCUT2D eigenvalue weighted by atomic mass is 10.2. The van der Waals surface area contributed by atoms with Crippen LogP contribution < -0.4 is 14.4 Å². The normalized spacial score (nSPS) is 15.6. The van der Waals surface area contributed by atoms with Crippen molar-refractivity contribution >= 4 is 11.7 Å². The number of nitrogens with zero attached hydrogens (tertiary/aromatic N) is 2. The second kappa shape index (κ2) is 10.1. The van der Waals surface area contributed by atoms with Crippen molar-refractivity contribution in [3.63, 3.8) is 0 Å². The fourth-order valence-corrected chi connectivity index (χ4v) is 3.34. The lowest BCUT2D eigenvalue weighted by Crippen LogP contribution is -2.49. The summed E-state index contributed by atoms with van der Waals surface area (Å²) in [5.41, 5.74) is 1.62. The van der Waals surface area contributed by atoms with Crippen molar-refractivity contribution in [2.24, 2.45) is 0 Å². The van der Waals surface area contributed by atoms with Gasteiger partial charge in [0.05, 0.1) is 19.8 Å². The second-order valence-electron chi connectivity index (χ2n) is 6.97. The van der Waals surface area contributed by atoms with Gasteiger partial charge in [-0.3, -0.25) is 4.90 Å². The second-order valence-corrected chi connectivity index (χ2v) is 6.97. The van der Waals surface area contributed by atoms with Gasteiger partial charge in [-0.2, -0.15) is 0 Å². The van der Waals surface area contributed by atoms with Gasteiger partial charge in [0.2, 0.25) is 0 Å². The van der Waals surface area contributed by atoms with Gasteiger partial charge in [-0.25, -0.2) is 4.79 Å². The molecule has 0 spiro atoms. The summed E-state index contributed by atoms with van der Waals surface area (Å²) in [6.45, 7) is 4.32. The quantitative estimate of drug-likeness (QED) is 0.680. The van der Waals surface area contributed by atoms with Crippen LogP contribution in [0.3, 0.4) is 0 Å². The Kier molecular flexibility index (Phi) is 7.32. The average molecular weight is 400 g/mol. The summed E-state index contributed by atoms with van der Waals surface area (Å²) in [6, 6.07) is 14.8. The summed E-state index contributed by atoms with van der Waals surface area (Å²) in [4.78, 5) is 16.0. The van der Waals surface area contributed by atoms with E-state index in [1.54, 1.807) is 31.4 Å². The first-order valence-corrected chi connectivity index (χ1v) is 9.69. The maximum Gasteiger partial charge on any atom is 0.337 e. The predicted molar refractivity (Wildman–Crippen MR) is 111 cm³/mol. The van der Waals surface area contributed by atoms with Crippen molar-refractivity contribution in [1.29, 1.82) is 0 Å². The van der Waals surface area contributed by atoms with Crippen LogP contribution >= 0.6 is 0 Å². The molecule has 156 valence electrons. The number of β-amino-alcohol motifs (C(OH)–C–C–N with tert-alkyl or cyclic N) is 1. The number of methoxy groups -OCH3 is 2. The third kappa shape index (κ3) is 5.85. The average Bonchev–Trinajstić information content (AvgIpc) is 2.78. The number of esters is 1. The smallest absolute Gasteiger partial charge is 0.337 e. The molecule has 1 aliphatic heterocycles. The fourth-order valence-electron chi connectivity index (χ4n) is 3.34. The molecule has 1 atom stereocenters. The van der Waals surface area contributed by atoms with Crippen molar-refractivity contribution in [3.8, 4) is 11.5 Å². The Morgan fingerprint density at radius 3 is 2.41 bits per heavy atom. The third-order valence-electron chi connectivity index (χ3n) is 4.98. The molecule has 0 radical (unpaired) electrons. The van der Waals surface area contributed by atoms with Crippen molar-refractivity contribution in [2.75, 3.05) is 58.5 Å². The molecule has 2 aromatic rings. The Hall–Kier alpha value is -2.77. The molecule has 1 aliphatic rings. The van der Waals surface area contributed by atoms with E-state index in [0.717, 1.165) is 37.6 Å². The molecule has 2 aromatic carbocycles. The van der Waals surface area contributed by atoms with E-state index in [4.69, 9.17) is 9.47 Å². The van der Waals surface area contributed by atoms with Gasteiger partial charge in [-0.15, -0.1) is 0 Å². The van der Waals surface area contributed by atoms with Crippen LogP contribution in [0.4, 0.5) is 5.69 Å². The van der Waals surface area contributed by atoms with Gasteiger partial charge in [0.1, 0.15) is 24.2 Å². The number of aliphatic hydroxyl groups is 1. The van der Waals surface area contributed by atoms with Crippen LogP contribution in [0.2, 0.25) is 0 Å². The van der Waals surface area contributed by atoms with Crippen LogP contribution in [-0.2, 0) is 4.74 Å². The van der Waals surface area contributed by atoms with Crippen LogP contribution in [-0.4, -0.2) is 75.6 Å². The zero-order chi connectivity index (χ0) is 20.6. The first kappa shape index (κ1) is 21.0. The number of rotatable bonds is 8. The molecular weight excluding hydrogens is 372 g/mol. The minimum Gasteiger partial charge on any atom is -0.497 e. The number of aliphatic hydroxyl groups excluding tert-OH is 1. The van der Waals surface area contributed by atoms with Crippen LogP contribution in [0, 0.1) is 0 Å². The van der Waals surface area contributed by atoms with Crippen LogP contribution in [0.15, 0.2) is 48.5 Å². The topological polar surface area (TPSA) is 71.5 Å². The highest BCUT2D eigenvalue weighted by Crippen LogP contribution is 2.22. The van der Waals surface area contributed by atoms with Crippen molar-refractivity contribution in [3.05, 3.63) is 54.1 Å². The molecule has 1 fully saturated rings. The van der Waals surface area contributed by atoms with Gasteiger partial charge in [-0.05, 0) is 36.4 Å². The highest BCUT2D eigenvalue weighted by Gasteiger charge is 2.20. The largest absolute Gasteiger partial charge is 0.497 e. The summed E-state index contributed by atoms with van der Waals surface area (Å²) in [6.07, 6.45) is -0.585. The first-order valence-electron chi connectivity index (χ1n) is 9.69. The Bertz CT molecular complexity index is 788. The highest BCUT2D eigenvalue weighted by molar-refractivity contribution is 5.89. The molecule has 0 amide bonds. The van der Waals surface area contributed by atoms with E-state index in [1.165, 1.54) is 7.11 Å². The van der Waals surface area contributed by atoms with Gasteiger partial charge in [-0.1, -0.05) is 6.07 Å². The molecule has 3 rings (SSSR count). The maximum atomic E-state index is 11.4. The lowest BCUT2D eigenvalue weighted by molar-refractivity contribution is 0.0599. The van der Waals surface area contributed by atoms with E-state index in [-0.39, 0.29) is 12.6 Å². The van der Waals surface area contributed by atoms with E-state index >= 15 is 0 Å². The zero-order valence-electron chi connectivity index (χ0n) is 16.9. The molecule has 1 heterocycles. The number of hydrogen-bond donors (Lipinski definition) is 1. The first-order chi connectivity index (χ1) is 14.1. The number of carbonyl (C=O) groups is 1.